The molecule has 0 atom stereocenters. The summed E-state index contributed by atoms with van der Waals surface area (Å²) in [7, 11) is 0. The molecule has 14 heteroatoms. The minimum Gasteiger partial charge on any atom is -0.346 e. The highest BCUT2D eigenvalue weighted by Crippen LogP contribution is 2.60. The maximum absolute atomic E-state index is 15.4. The Hall–Kier alpha value is -4.23. The molecular weight excluding hydrogens is 698 g/mol. The van der Waals surface area contributed by atoms with Gasteiger partial charge in [-0.1, -0.05) is 30.2 Å². The van der Waals surface area contributed by atoms with Gasteiger partial charge in [0.2, 0.25) is 5.91 Å². The van der Waals surface area contributed by atoms with Crippen molar-refractivity contribution >= 4 is 51.6 Å². The van der Waals surface area contributed by atoms with Gasteiger partial charge in [-0.15, -0.1) is 0 Å². The van der Waals surface area contributed by atoms with E-state index in [0.717, 1.165) is 56.1 Å². The number of halogens is 5. The summed E-state index contributed by atoms with van der Waals surface area (Å²) in [5.74, 6) is -3.67. The molecule has 2 aliphatic heterocycles. The topological polar surface area (TPSA) is 95.4 Å². The van der Waals surface area contributed by atoms with Gasteiger partial charge in [0, 0.05) is 28.9 Å². The van der Waals surface area contributed by atoms with Crippen molar-refractivity contribution in [1.82, 2.24) is 24.8 Å². The number of carbonyl (C=O) groups is 2. The van der Waals surface area contributed by atoms with Crippen molar-refractivity contribution in [1.29, 1.82) is 0 Å². The molecule has 2 aromatic carbocycles. The first kappa shape index (κ1) is 34.8. The number of imidazole rings is 1. The van der Waals surface area contributed by atoms with E-state index >= 15 is 8.78 Å². The number of likely N-dealkylation sites (tertiary alicyclic amines) is 1. The van der Waals surface area contributed by atoms with Crippen molar-refractivity contribution in [2.75, 3.05) is 29.9 Å². The number of aromatic nitrogens is 3. The maximum Gasteiger partial charge on any atom is 0.255 e. The fraction of sp³-hybridized carbons (Fsp3) is 0.474. The first-order chi connectivity index (χ1) is 24.8. The summed E-state index contributed by atoms with van der Waals surface area (Å²) in [6.45, 7) is 7.39. The summed E-state index contributed by atoms with van der Waals surface area (Å²) < 4.78 is 58.0. The van der Waals surface area contributed by atoms with Crippen LogP contribution in [-0.2, 0) is 10.2 Å². The highest BCUT2D eigenvalue weighted by Gasteiger charge is 2.62. The lowest BCUT2D eigenvalue weighted by atomic mass is 9.71. The number of anilines is 3. The Bertz CT molecular complexity index is 2100. The van der Waals surface area contributed by atoms with Crippen LogP contribution in [0.5, 0.6) is 0 Å². The van der Waals surface area contributed by atoms with E-state index < -0.39 is 52.2 Å². The van der Waals surface area contributed by atoms with E-state index in [1.54, 1.807) is 6.33 Å². The van der Waals surface area contributed by atoms with E-state index in [0.29, 0.717) is 22.3 Å². The monoisotopic (exact) mass is 737 g/mol. The Morgan fingerprint density at radius 2 is 1.79 bits per heavy atom. The molecular formula is C38H40ClF4N7O2. The van der Waals surface area contributed by atoms with Gasteiger partial charge in [0.15, 0.2) is 17.5 Å². The average Bonchev–Trinajstić information content (AvgIpc) is 3.75. The molecule has 2 N–H and O–H groups in total. The minimum atomic E-state index is -2.85. The summed E-state index contributed by atoms with van der Waals surface area (Å²) in [5, 5.41) is 4.01. The molecule has 3 fully saturated rings. The normalized spacial score (nSPS) is 22.4. The van der Waals surface area contributed by atoms with Crippen LogP contribution in [0.1, 0.15) is 87.7 Å². The zero-order valence-electron chi connectivity index (χ0n) is 29.2. The number of carbonyl (C=O) groups excluding carboxylic acids is 2. The quantitative estimate of drug-likeness (QED) is 0.133. The van der Waals surface area contributed by atoms with E-state index in [9.17, 15) is 18.4 Å². The Morgan fingerprint density at radius 1 is 1.06 bits per heavy atom. The van der Waals surface area contributed by atoms with Gasteiger partial charge in [0.1, 0.15) is 5.52 Å². The zero-order valence-corrected chi connectivity index (χ0v) is 30.0. The van der Waals surface area contributed by atoms with Crippen LogP contribution in [-0.4, -0.2) is 68.9 Å². The fourth-order valence-corrected chi connectivity index (χ4v) is 8.71. The van der Waals surface area contributed by atoms with Crippen LogP contribution >= 0.6 is 11.6 Å². The molecule has 52 heavy (non-hydrogen) atoms. The second-order valence-corrected chi connectivity index (χ2v) is 15.6. The first-order valence-electron chi connectivity index (χ1n) is 17.9. The van der Waals surface area contributed by atoms with Crippen LogP contribution in [0.15, 0.2) is 36.7 Å². The summed E-state index contributed by atoms with van der Waals surface area (Å²) in [6.07, 6.45) is 5.92. The third kappa shape index (κ3) is 5.62. The van der Waals surface area contributed by atoms with Crippen LogP contribution < -0.4 is 15.5 Å². The van der Waals surface area contributed by atoms with E-state index in [-0.39, 0.29) is 29.3 Å². The molecule has 1 spiro atoms. The van der Waals surface area contributed by atoms with Gasteiger partial charge < -0.3 is 20.1 Å². The molecule has 9 nitrogen and oxygen atoms in total. The number of nitrogens with zero attached hydrogens (tertiary/aromatic N) is 5. The average molecular weight is 738 g/mol. The Morgan fingerprint density at radius 3 is 2.46 bits per heavy atom. The van der Waals surface area contributed by atoms with Gasteiger partial charge in [0.25, 0.3) is 12.3 Å². The minimum absolute atomic E-state index is 0.0741. The lowest BCUT2D eigenvalue weighted by Gasteiger charge is -2.55. The van der Waals surface area contributed by atoms with Crippen molar-refractivity contribution in [2.45, 2.75) is 95.2 Å². The molecule has 4 aliphatic rings. The molecule has 8 rings (SSSR count). The molecule has 4 heterocycles. The van der Waals surface area contributed by atoms with Gasteiger partial charge >= 0.3 is 0 Å². The second-order valence-electron chi connectivity index (χ2n) is 15.2. The molecule has 2 amide bonds. The molecule has 4 aromatic rings. The van der Waals surface area contributed by atoms with E-state index in [4.69, 9.17) is 16.6 Å². The van der Waals surface area contributed by atoms with Gasteiger partial charge in [-0.3, -0.25) is 14.5 Å². The summed E-state index contributed by atoms with van der Waals surface area (Å²) in [5.41, 5.74) is 2.76. The SMILES string of the molecule is CC(C)n1cnc2cc(-c3ccc4c(c3)N(C3CC(C)(N5CCCCC5)C3)C(=O)C43CC3)nc(Nc3cc(C(=O)NCC(F)F)c(Cl)c(F)c3F)c21. The molecule has 0 unspecified atom stereocenters. The van der Waals surface area contributed by atoms with E-state index in [1.807, 2.05) is 52.9 Å². The van der Waals surface area contributed by atoms with Crippen LogP contribution in [0.4, 0.5) is 34.8 Å². The van der Waals surface area contributed by atoms with Gasteiger partial charge in [-0.05, 0) is 96.1 Å². The van der Waals surface area contributed by atoms with Crippen molar-refractivity contribution in [3.8, 4) is 11.3 Å². The Kier molecular flexibility index (Phi) is 8.52. The largest absolute Gasteiger partial charge is 0.346 e. The summed E-state index contributed by atoms with van der Waals surface area (Å²) >= 11 is 5.97. The third-order valence-electron chi connectivity index (χ3n) is 11.5. The predicted molar refractivity (Wildman–Crippen MR) is 192 cm³/mol. The summed E-state index contributed by atoms with van der Waals surface area (Å²) in [6, 6.07) is 8.74. The van der Waals surface area contributed by atoms with Crippen molar-refractivity contribution in [3.05, 3.63) is 64.4 Å². The third-order valence-corrected chi connectivity index (χ3v) is 11.8. The molecule has 274 valence electrons. The predicted octanol–water partition coefficient (Wildman–Crippen LogP) is 8.13. The number of pyridine rings is 1. The molecule has 0 bridgehead atoms. The molecule has 0 radical (unpaired) electrons. The fourth-order valence-electron chi connectivity index (χ4n) is 8.49. The highest BCUT2D eigenvalue weighted by molar-refractivity contribution is 6.34. The Labute approximate surface area is 303 Å². The van der Waals surface area contributed by atoms with Crippen molar-refractivity contribution < 1.29 is 27.2 Å². The number of piperidine rings is 1. The second kappa shape index (κ2) is 12.7. The smallest absolute Gasteiger partial charge is 0.255 e. The molecule has 2 saturated carbocycles. The number of hydrogen-bond acceptors (Lipinski definition) is 6. The van der Waals surface area contributed by atoms with Gasteiger partial charge in [-0.25, -0.2) is 27.5 Å². The zero-order chi connectivity index (χ0) is 36.7. The van der Waals surface area contributed by atoms with E-state index in [1.165, 1.54) is 19.3 Å². The first-order valence-corrected chi connectivity index (χ1v) is 18.3. The highest BCUT2D eigenvalue weighted by atomic mass is 35.5. The maximum atomic E-state index is 15.4. The van der Waals surface area contributed by atoms with Crippen LogP contribution in [0.3, 0.4) is 0 Å². The number of fused-ring (bicyclic) bond motifs is 3. The molecule has 2 aromatic heterocycles. The molecule has 2 aliphatic carbocycles. The summed E-state index contributed by atoms with van der Waals surface area (Å²) in [4.78, 5) is 40.9. The standard InChI is InChI=1S/C38H40ClF4N7O2/c1-20(2)49-19-45-27-15-25(46-34(33(27)49)47-26-14-23(30(39)32(43)31(26)42)35(51)44-18-29(40)41)21-7-8-24-28(13-21)50(36(52)38(24)9-10-38)22-16-37(3,17-22)48-11-5-4-6-12-48/h7-8,13-15,19-20,22,29H,4-6,9-12,16-18H2,1-3H3,(H,44,51)(H,46,47). The number of amides is 2. The number of alkyl halides is 2. The number of nitrogens with one attached hydrogen (secondary N) is 2. The number of hydrogen-bond donors (Lipinski definition) is 2. The Balaban J connectivity index is 1.17. The van der Waals surface area contributed by atoms with Crippen LogP contribution in [0, 0.1) is 11.6 Å². The van der Waals surface area contributed by atoms with Crippen molar-refractivity contribution in [3.63, 3.8) is 0 Å². The lowest BCUT2D eigenvalue weighted by molar-refractivity contribution is -0.122. The molecule has 1 saturated heterocycles. The lowest BCUT2D eigenvalue weighted by Crippen LogP contribution is -2.63. The van der Waals surface area contributed by atoms with Crippen molar-refractivity contribution in [2.24, 2.45) is 0 Å². The van der Waals surface area contributed by atoms with Gasteiger partial charge in [-0.2, -0.15) is 0 Å². The number of rotatable bonds is 9. The van der Waals surface area contributed by atoms with E-state index in [2.05, 4.69) is 22.1 Å². The number of benzene rings is 2. The van der Waals surface area contributed by atoms with Crippen LogP contribution in [0.25, 0.3) is 22.3 Å². The van der Waals surface area contributed by atoms with Crippen LogP contribution in [0.2, 0.25) is 5.02 Å². The van der Waals surface area contributed by atoms with Gasteiger partial charge in [0.05, 0.1) is 45.8 Å².